The third-order valence-electron chi connectivity index (χ3n) is 8.73. The minimum absolute atomic E-state index is 0.223. The van der Waals surface area contributed by atoms with Gasteiger partial charge in [-0.1, -0.05) is 35.9 Å². The van der Waals surface area contributed by atoms with Crippen molar-refractivity contribution < 1.29 is 19.2 Å². The number of rotatable bonds is 8. The van der Waals surface area contributed by atoms with Gasteiger partial charge in [-0.3, -0.25) is 29.0 Å². The van der Waals surface area contributed by atoms with E-state index in [2.05, 4.69) is 4.90 Å². The molecule has 0 bridgehead atoms. The maximum Gasteiger partial charge on any atom is 0.261 e. The molecule has 0 spiro atoms. The van der Waals surface area contributed by atoms with Crippen LogP contribution in [0.3, 0.4) is 0 Å². The van der Waals surface area contributed by atoms with Crippen molar-refractivity contribution in [2.75, 3.05) is 33.2 Å². The molecule has 0 saturated carbocycles. The summed E-state index contributed by atoms with van der Waals surface area (Å²) in [6.07, 6.45) is 3.13. The van der Waals surface area contributed by atoms with Gasteiger partial charge >= 0.3 is 0 Å². The first kappa shape index (κ1) is 25.9. The van der Waals surface area contributed by atoms with E-state index in [9.17, 15) is 19.2 Å². The molecule has 1 aliphatic carbocycles. The van der Waals surface area contributed by atoms with Crippen molar-refractivity contribution in [2.45, 2.75) is 25.7 Å². The lowest BCUT2D eigenvalue weighted by Crippen LogP contribution is -2.42. The second-order valence-electron chi connectivity index (χ2n) is 11.2. The standard InChI is InChI=1S/C33H28ClN3O4/c1-35(15-3-17-36-30(38)22-6-2-5-21-26(34)14-13-23(28(21)22)31(36)39)16-4-18-37-32(40)24-11-9-19-7-8-20-10-12-25(33(37)41)29(24)27(19)20/h2,5-6,9-14H,3-4,7-8,15-18H2,1H3. The molecule has 2 heterocycles. The number of aryl methyl sites for hydroxylation is 2. The number of hydrogen-bond donors (Lipinski definition) is 0. The maximum absolute atomic E-state index is 13.3. The molecule has 4 aromatic carbocycles. The quantitative estimate of drug-likeness (QED) is 0.269. The molecule has 0 N–H and O–H groups in total. The minimum Gasteiger partial charge on any atom is -0.306 e. The van der Waals surface area contributed by atoms with E-state index >= 15 is 0 Å². The molecule has 0 atom stereocenters. The zero-order valence-electron chi connectivity index (χ0n) is 22.7. The minimum atomic E-state index is -0.301. The van der Waals surface area contributed by atoms with Gasteiger partial charge in [0.2, 0.25) is 0 Å². The van der Waals surface area contributed by atoms with Gasteiger partial charge < -0.3 is 4.90 Å². The van der Waals surface area contributed by atoms with Gasteiger partial charge in [0.1, 0.15) is 0 Å². The van der Waals surface area contributed by atoms with Crippen LogP contribution in [0.4, 0.5) is 0 Å². The van der Waals surface area contributed by atoms with Crippen LogP contribution in [-0.2, 0) is 12.8 Å². The van der Waals surface area contributed by atoms with Gasteiger partial charge in [-0.2, -0.15) is 0 Å². The zero-order valence-corrected chi connectivity index (χ0v) is 23.5. The Balaban J connectivity index is 0.964. The van der Waals surface area contributed by atoms with E-state index in [0.717, 1.165) is 23.6 Å². The number of benzene rings is 4. The molecule has 0 fully saturated rings. The molecule has 41 heavy (non-hydrogen) atoms. The largest absolute Gasteiger partial charge is 0.306 e. The van der Waals surface area contributed by atoms with Crippen LogP contribution in [0.1, 0.15) is 65.4 Å². The van der Waals surface area contributed by atoms with Gasteiger partial charge in [0, 0.05) is 56.5 Å². The number of carbonyl (C=O) groups is 4. The Morgan fingerprint density at radius 2 is 1.12 bits per heavy atom. The fourth-order valence-electron chi connectivity index (χ4n) is 6.69. The Kier molecular flexibility index (Phi) is 6.17. The molecule has 2 aliphatic heterocycles. The van der Waals surface area contributed by atoms with Crippen LogP contribution < -0.4 is 0 Å². The average molecular weight is 566 g/mol. The van der Waals surface area contributed by atoms with Gasteiger partial charge in [-0.05, 0) is 92.7 Å². The summed E-state index contributed by atoms with van der Waals surface area (Å²) >= 11 is 6.31. The Labute approximate surface area is 242 Å². The van der Waals surface area contributed by atoms with Crippen LogP contribution >= 0.6 is 11.6 Å². The number of halogens is 1. The highest BCUT2D eigenvalue weighted by atomic mass is 35.5. The number of carbonyl (C=O) groups excluding carboxylic acids is 4. The average Bonchev–Trinajstić information content (AvgIpc) is 3.40. The highest BCUT2D eigenvalue weighted by Gasteiger charge is 2.35. The number of nitrogens with zero attached hydrogens (tertiary/aromatic N) is 3. The zero-order chi connectivity index (χ0) is 28.4. The fraction of sp³-hybridized carbons (Fsp3) is 0.273. The Bertz CT molecular complexity index is 1750. The van der Waals surface area contributed by atoms with Crippen molar-refractivity contribution in [3.05, 3.63) is 93.0 Å². The molecule has 7 rings (SSSR count). The summed E-state index contributed by atoms with van der Waals surface area (Å²) in [6.45, 7) is 1.96. The Hall–Kier alpha value is -4.07. The molecule has 0 radical (unpaired) electrons. The summed E-state index contributed by atoms with van der Waals surface area (Å²) < 4.78 is 0. The molecule has 4 aromatic rings. The lowest BCUT2D eigenvalue weighted by atomic mass is 9.91. The molecule has 7 nitrogen and oxygen atoms in total. The van der Waals surface area contributed by atoms with Gasteiger partial charge in [0.15, 0.2) is 0 Å². The van der Waals surface area contributed by atoms with Crippen molar-refractivity contribution in [1.82, 2.24) is 14.7 Å². The molecule has 3 aliphatic rings. The molecule has 0 saturated heterocycles. The van der Waals surface area contributed by atoms with Crippen molar-refractivity contribution in [3.63, 3.8) is 0 Å². The van der Waals surface area contributed by atoms with E-state index < -0.39 is 0 Å². The Morgan fingerprint density at radius 3 is 1.68 bits per heavy atom. The van der Waals surface area contributed by atoms with E-state index in [1.54, 1.807) is 24.3 Å². The molecule has 0 unspecified atom stereocenters. The molecule has 206 valence electrons. The molecule has 0 aromatic heterocycles. The second-order valence-corrected chi connectivity index (χ2v) is 11.6. The summed E-state index contributed by atoms with van der Waals surface area (Å²) in [5, 5.41) is 3.77. The van der Waals surface area contributed by atoms with Crippen LogP contribution in [0.25, 0.3) is 21.5 Å². The molecular formula is C33H28ClN3O4. The van der Waals surface area contributed by atoms with Crippen molar-refractivity contribution in [2.24, 2.45) is 0 Å². The molecular weight excluding hydrogens is 538 g/mol. The van der Waals surface area contributed by atoms with Gasteiger partial charge in [-0.15, -0.1) is 0 Å². The SMILES string of the molecule is CN(CCCN1C(=O)c2cccc3c(Cl)ccc(c23)C1=O)CCCN1C(=O)c2ccc3c4c(ccc(c24)C1=O)CC3. The van der Waals surface area contributed by atoms with Gasteiger partial charge in [0.05, 0.1) is 0 Å². The Morgan fingerprint density at radius 1 is 0.634 bits per heavy atom. The van der Waals surface area contributed by atoms with E-state index in [1.807, 2.05) is 37.4 Å². The monoisotopic (exact) mass is 565 g/mol. The summed E-state index contributed by atoms with van der Waals surface area (Å²) in [7, 11) is 1.96. The van der Waals surface area contributed by atoms with Crippen LogP contribution in [0, 0.1) is 0 Å². The third-order valence-corrected chi connectivity index (χ3v) is 9.06. The van der Waals surface area contributed by atoms with E-state index in [0.29, 0.717) is 77.1 Å². The summed E-state index contributed by atoms with van der Waals surface area (Å²) in [6, 6.07) is 16.6. The van der Waals surface area contributed by atoms with Crippen LogP contribution in [-0.4, -0.2) is 71.6 Å². The first-order valence-corrected chi connectivity index (χ1v) is 14.4. The number of amides is 4. The van der Waals surface area contributed by atoms with Crippen molar-refractivity contribution in [1.29, 1.82) is 0 Å². The van der Waals surface area contributed by atoms with Crippen LogP contribution in [0.15, 0.2) is 54.6 Å². The molecule has 8 heteroatoms. The first-order valence-electron chi connectivity index (χ1n) is 14.0. The third kappa shape index (κ3) is 3.98. The lowest BCUT2D eigenvalue weighted by Gasteiger charge is -2.29. The number of imide groups is 2. The van der Waals surface area contributed by atoms with Gasteiger partial charge in [-0.25, -0.2) is 0 Å². The molecule has 4 amide bonds. The highest BCUT2D eigenvalue weighted by molar-refractivity contribution is 6.38. The van der Waals surface area contributed by atoms with E-state index in [-0.39, 0.29) is 23.6 Å². The summed E-state index contributed by atoms with van der Waals surface area (Å²) in [5.41, 5.74) is 4.66. The topological polar surface area (TPSA) is 78.0 Å². The van der Waals surface area contributed by atoms with Crippen LogP contribution in [0.5, 0.6) is 0 Å². The predicted octanol–water partition coefficient (Wildman–Crippen LogP) is 5.35. The highest BCUT2D eigenvalue weighted by Crippen LogP contribution is 2.38. The summed E-state index contributed by atoms with van der Waals surface area (Å²) in [5.74, 6) is -1.05. The van der Waals surface area contributed by atoms with Crippen LogP contribution in [0.2, 0.25) is 5.02 Å². The smallest absolute Gasteiger partial charge is 0.261 e. The van der Waals surface area contributed by atoms with E-state index in [4.69, 9.17) is 11.6 Å². The van der Waals surface area contributed by atoms with E-state index in [1.165, 1.54) is 20.9 Å². The first-order chi connectivity index (χ1) is 19.8. The van der Waals surface area contributed by atoms with Crippen molar-refractivity contribution in [3.8, 4) is 0 Å². The second kappa shape index (κ2) is 9.79. The van der Waals surface area contributed by atoms with Crippen molar-refractivity contribution >= 4 is 56.8 Å². The fourth-order valence-corrected chi connectivity index (χ4v) is 6.91. The maximum atomic E-state index is 13.3. The summed E-state index contributed by atoms with van der Waals surface area (Å²) in [4.78, 5) is 57.8. The normalized spacial score (nSPS) is 15.8. The van der Waals surface area contributed by atoms with Gasteiger partial charge in [0.25, 0.3) is 23.6 Å². The predicted molar refractivity (Wildman–Crippen MR) is 158 cm³/mol. The number of hydrogen-bond acceptors (Lipinski definition) is 5. The lowest BCUT2D eigenvalue weighted by molar-refractivity contribution is 0.0596.